The monoisotopic (exact) mass is 302 g/mol. The summed E-state index contributed by atoms with van der Waals surface area (Å²) in [4.78, 5) is 0. The van der Waals surface area contributed by atoms with E-state index < -0.39 is 6.10 Å². The molecule has 0 aliphatic carbocycles. The first kappa shape index (κ1) is 16.3. The van der Waals surface area contributed by atoms with Crippen molar-refractivity contribution in [2.24, 2.45) is 0 Å². The van der Waals surface area contributed by atoms with Crippen LogP contribution in [0.1, 0.15) is 11.1 Å². The average Bonchev–Trinajstić information content (AvgIpc) is 2.58. The Morgan fingerprint density at radius 3 is 2.64 bits per heavy atom. The number of aliphatic hydroxyl groups is 2. The Labute approximate surface area is 130 Å². The molecule has 0 unspecified atom stereocenters. The van der Waals surface area contributed by atoms with Crippen LogP contribution in [0.2, 0.25) is 0 Å². The molecule has 22 heavy (non-hydrogen) atoms. The van der Waals surface area contributed by atoms with E-state index in [0.29, 0.717) is 0 Å². The largest absolute Gasteiger partial charge is 0.497 e. The first-order valence-corrected chi connectivity index (χ1v) is 7.35. The van der Waals surface area contributed by atoms with Gasteiger partial charge >= 0.3 is 0 Å². The molecule has 0 saturated heterocycles. The zero-order chi connectivity index (χ0) is 15.8. The minimum Gasteiger partial charge on any atom is -0.497 e. The van der Waals surface area contributed by atoms with Gasteiger partial charge in [-0.25, -0.2) is 0 Å². The van der Waals surface area contributed by atoms with Crippen molar-refractivity contribution < 1.29 is 19.7 Å². The molecule has 0 heterocycles. The molecule has 0 spiro atoms. The summed E-state index contributed by atoms with van der Waals surface area (Å²) < 4.78 is 10.8. The van der Waals surface area contributed by atoms with Crippen LogP contribution in [0, 0.1) is 0 Å². The van der Waals surface area contributed by atoms with Crippen LogP contribution < -0.4 is 9.47 Å². The lowest BCUT2D eigenvalue weighted by atomic mass is 10.0. The average molecular weight is 302 g/mol. The molecule has 0 bridgehead atoms. The van der Waals surface area contributed by atoms with E-state index in [2.05, 4.69) is 6.07 Å². The van der Waals surface area contributed by atoms with Crippen LogP contribution in [-0.2, 0) is 12.8 Å². The van der Waals surface area contributed by atoms with Gasteiger partial charge in [0.05, 0.1) is 13.7 Å². The smallest absolute Gasteiger partial charge is 0.122 e. The highest BCUT2D eigenvalue weighted by molar-refractivity contribution is 5.35. The van der Waals surface area contributed by atoms with Crippen molar-refractivity contribution in [1.29, 1.82) is 0 Å². The number of hydrogen-bond acceptors (Lipinski definition) is 4. The molecule has 0 aromatic heterocycles. The number of rotatable bonds is 8. The molecule has 0 radical (unpaired) electrons. The van der Waals surface area contributed by atoms with Gasteiger partial charge in [-0.2, -0.15) is 0 Å². The highest BCUT2D eigenvalue weighted by Crippen LogP contribution is 2.21. The van der Waals surface area contributed by atoms with Crippen molar-refractivity contribution in [3.05, 3.63) is 59.7 Å². The van der Waals surface area contributed by atoms with Gasteiger partial charge in [0.15, 0.2) is 0 Å². The van der Waals surface area contributed by atoms with Gasteiger partial charge in [-0.1, -0.05) is 30.3 Å². The second-order valence-corrected chi connectivity index (χ2v) is 5.11. The Hall–Kier alpha value is -2.04. The van der Waals surface area contributed by atoms with Crippen LogP contribution in [0.4, 0.5) is 0 Å². The molecule has 2 rings (SSSR count). The van der Waals surface area contributed by atoms with Crippen LogP contribution in [-0.4, -0.2) is 36.6 Å². The third-order valence-corrected chi connectivity index (χ3v) is 3.43. The summed E-state index contributed by atoms with van der Waals surface area (Å²) >= 11 is 0. The lowest BCUT2D eigenvalue weighted by Crippen LogP contribution is -2.21. The van der Waals surface area contributed by atoms with E-state index in [1.165, 1.54) is 5.56 Å². The number of ether oxygens (including phenoxy) is 2. The van der Waals surface area contributed by atoms with E-state index in [9.17, 15) is 5.11 Å². The van der Waals surface area contributed by atoms with Gasteiger partial charge in [0.25, 0.3) is 0 Å². The maximum Gasteiger partial charge on any atom is 0.122 e. The van der Waals surface area contributed by atoms with Crippen molar-refractivity contribution in [2.45, 2.75) is 18.9 Å². The first-order valence-electron chi connectivity index (χ1n) is 7.35. The van der Waals surface area contributed by atoms with Gasteiger partial charge in [0.2, 0.25) is 0 Å². The molecule has 0 aliphatic rings. The highest BCUT2D eigenvalue weighted by Gasteiger charge is 2.07. The van der Waals surface area contributed by atoms with Gasteiger partial charge in [0, 0.05) is 0 Å². The summed E-state index contributed by atoms with van der Waals surface area (Å²) in [6.45, 7) is -0.210. The van der Waals surface area contributed by atoms with Crippen molar-refractivity contribution in [1.82, 2.24) is 0 Å². The second kappa shape index (κ2) is 8.41. The molecular weight excluding hydrogens is 280 g/mol. The maximum absolute atomic E-state index is 9.39. The van der Waals surface area contributed by atoms with Crippen molar-refractivity contribution >= 4 is 0 Å². The van der Waals surface area contributed by atoms with Gasteiger partial charge in [-0.3, -0.25) is 0 Å². The summed E-state index contributed by atoms with van der Waals surface area (Å²) in [5.41, 5.74) is 2.28. The van der Waals surface area contributed by atoms with E-state index in [1.807, 2.05) is 42.5 Å². The molecule has 2 N–H and O–H groups in total. The summed E-state index contributed by atoms with van der Waals surface area (Å²) in [7, 11) is 1.66. The number of hydrogen-bond donors (Lipinski definition) is 2. The number of para-hydroxylation sites is 1. The SMILES string of the molecule is COc1cccc(CCc2ccccc2OC[C@@H](O)CO)c1. The van der Waals surface area contributed by atoms with Crippen LogP contribution in [0.15, 0.2) is 48.5 Å². The Morgan fingerprint density at radius 1 is 1.05 bits per heavy atom. The lowest BCUT2D eigenvalue weighted by Gasteiger charge is -2.13. The molecule has 0 aliphatic heterocycles. The summed E-state index contributed by atoms with van der Waals surface area (Å²) in [5, 5.41) is 18.2. The van der Waals surface area contributed by atoms with E-state index in [0.717, 1.165) is 29.9 Å². The van der Waals surface area contributed by atoms with E-state index in [-0.39, 0.29) is 13.2 Å². The zero-order valence-corrected chi connectivity index (χ0v) is 12.7. The number of methoxy groups -OCH3 is 1. The minimum absolute atomic E-state index is 0.0900. The van der Waals surface area contributed by atoms with Crippen LogP contribution in [0.25, 0.3) is 0 Å². The summed E-state index contributed by atoms with van der Waals surface area (Å²) in [6.07, 6.45) is 0.852. The fourth-order valence-electron chi connectivity index (χ4n) is 2.20. The molecule has 2 aromatic rings. The van der Waals surface area contributed by atoms with Gasteiger partial charge in [-0.05, 0) is 42.2 Å². The summed E-state index contributed by atoms with van der Waals surface area (Å²) in [5.74, 6) is 1.60. The van der Waals surface area contributed by atoms with E-state index >= 15 is 0 Å². The Balaban J connectivity index is 1.99. The molecule has 4 heteroatoms. The standard InChI is InChI=1S/C18H22O4/c1-21-17-7-4-5-14(11-17)9-10-15-6-2-3-8-18(15)22-13-16(20)12-19/h2-8,11,16,19-20H,9-10,12-13H2,1H3/t16-/m0/s1. The molecule has 4 nitrogen and oxygen atoms in total. The second-order valence-electron chi connectivity index (χ2n) is 5.11. The molecule has 0 fully saturated rings. The Bertz CT molecular complexity index is 583. The third kappa shape index (κ3) is 4.76. The topological polar surface area (TPSA) is 58.9 Å². The lowest BCUT2D eigenvalue weighted by molar-refractivity contribution is 0.0533. The predicted molar refractivity (Wildman–Crippen MR) is 85.4 cm³/mol. The van der Waals surface area contributed by atoms with Crippen molar-refractivity contribution in [3.63, 3.8) is 0 Å². The fourth-order valence-corrected chi connectivity index (χ4v) is 2.20. The van der Waals surface area contributed by atoms with Gasteiger partial charge in [0.1, 0.15) is 24.2 Å². The quantitative estimate of drug-likeness (QED) is 0.785. The van der Waals surface area contributed by atoms with Crippen LogP contribution in [0.3, 0.4) is 0 Å². The molecule has 118 valence electrons. The molecule has 0 amide bonds. The summed E-state index contributed by atoms with van der Waals surface area (Å²) in [6, 6.07) is 15.8. The molecule has 2 aromatic carbocycles. The number of aryl methyl sites for hydroxylation is 2. The predicted octanol–water partition coefficient (Wildman–Crippen LogP) is 2.21. The normalized spacial score (nSPS) is 12.0. The maximum atomic E-state index is 9.39. The highest BCUT2D eigenvalue weighted by atomic mass is 16.5. The number of benzene rings is 2. The van der Waals surface area contributed by atoms with Gasteiger partial charge < -0.3 is 19.7 Å². The zero-order valence-electron chi connectivity index (χ0n) is 12.7. The Kier molecular flexibility index (Phi) is 6.25. The van der Waals surface area contributed by atoms with Gasteiger partial charge in [-0.15, -0.1) is 0 Å². The Morgan fingerprint density at radius 2 is 1.86 bits per heavy atom. The third-order valence-electron chi connectivity index (χ3n) is 3.43. The van der Waals surface area contributed by atoms with Crippen molar-refractivity contribution in [2.75, 3.05) is 20.3 Å². The van der Waals surface area contributed by atoms with Crippen LogP contribution in [0.5, 0.6) is 11.5 Å². The first-order chi connectivity index (χ1) is 10.7. The molecule has 1 atom stereocenters. The molecule has 0 saturated carbocycles. The minimum atomic E-state index is -0.855. The van der Waals surface area contributed by atoms with Crippen LogP contribution >= 0.6 is 0 Å². The van der Waals surface area contributed by atoms with Crippen molar-refractivity contribution in [3.8, 4) is 11.5 Å². The van der Waals surface area contributed by atoms with E-state index in [4.69, 9.17) is 14.6 Å². The molecular formula is C18H22O4. The number of aliphatic hydroxyl groups excluding tert-OH is 2. The fraction of sp³-hybridized carbons (Fsp3) is 0.333. The van der Waals surface area contributed by atoms with E-state index in [1.54, 1.807) is 7.11 Å².